The summed E-state index contributed by atoms with van der Waals surface area (Å²) in [6, 6.07) is 0. The highest BCUT2D eigenvalue weighted by Gasteiger charge is 2.29. The quantitative estimate of drug-likeness (QED) is 0.621. The van der Waals surface area contributed by atoms with Crippen LogP contribution in [-0.2, 0) is 9.53 Å². The second kappa shape index (κ2) is 5.49. The molecule has 88 valence electrons. The van der Waals surface area contributed by atoms with Gasteiger partial charge in [0.2, 0.25) is 0 Å². The van der Waals surface area contributed by atoms with Crippen molar-refractivity contribution >= 4 is 5.78 Å². The van der Waals surface area contributed by atoms with E-state index in [1.54, 1.807) is 0 Å². The monoisotopic (exact) mass is 224 g/mol. The Morgan fingerprint density at radius 3 is 2.47 bits per heavy atom. The minimum Gasteiger partial charge on any atom is -0.372 e. The SMILES string of the molecule is O=C(CCCCOCC(F)(F)F)C1CC1. The van der Waals surface area contributed by atoms with Crippen molar-refractivity contribution in [3.63, 3.8) is 0 Å². The number of unbranched alkanes of at least 4 members (excludes halogenated alkanes) is 1. The maximum absolute atomic E-state index is 11.6. The fourth-order valence-electron chi connectivity index (χ4n) is 1.30. The second-order valence-electron chi connectivity index (χ2n) is 3.87. The van der Waals surface area contributed by atoms with Crippen LogP contribution in [0.4, 0.5) is 13.2 Å². The van der Waals surface area contributed by atoms with E-state index in [0.29, 0.717) is 19.3 Å². The number of carbonyl (C=O) groups excluding carboxylic acids is 1. The van der Waals surface area contributed by atoms with Crippen LogP contribution in [0, 0.1) is 5.92 Å². The van der Waals surface area contributed by atoms with Crippen LogP contribution in [0.5, 0.6) is 0 Å². The van der Waals surface area contributed by atoms with Gasteiger partial charge in [-0.15, -0.1) is 0 Å². The van der Waals surface area contributed by atoms with Crippen LogP contribution < -0.4 is 0 Å². The molecule has 0 saturated heterocycles. The fourth-order valence-corrected chi connectivity index (χ4v) is 1.30. The summed E-state index contributed by atoms with van der Waals surface area (Å²) in [5, 5.41) is 0. The Bertz CT molecular complexity index is 209. The Labute approximate surface area is 86.8 Å². The molecule has 0 spiro atoms. The average Bonchev–Trinajstić information content (AvgIpc) is 2.91. The summed E-state index contributed by atoms with van der Waals surface area (Å²) < 4.78 is 39.3. The lowest BCUT2D eigenvalue weighted by molar-refractivity contribution is -0.174. The lowest BCUT2D eigenvalue weighted by atomic mass is 10.1. The number of hydrogen-bond acceptors (Lipinski definition) is 2. The maximum atomic E-state index is 11.6. The largest absolute Gasteiger partial charge is 0.411 e. The molecule has 0 aromatic rings. The van der Waals surface area contributed by atoms with Gasteiger partial charge in [-0.1, -0.05) is 0 Å². The van der Waals surface area contributed by atoms with Crippen LogP contribution in [0.3, 0.4) is 0 Å². The predicted molar refractivity (Wildman–Crippen MR) is 48.5 cm³/mol. The first-order valence-electron chi connectivity index (χ1n) is 5.16. The molecule has 0 unspecified atom stereocenters. The molecule has 0 aromatic carbocycles. The van der Waals surface area contributed by atoms with Crippen molar-refractivity contribution in [2.75, 3.05) is 13.2 Å². The van der Waals surface area contributed by atoms with Gasteiger partial charge in [-0.25, -0.2) is 0 Å². The maximum Gasteiger partial charge on any atom is 0.411 e. The number of Topliss-reactive ketones (excluding diaryl/α,β-unsaturated/α-hetero) is 1. The number of carbonyl (C=O) groups is 1. The molecular weight excluding hydrogens is 209 g/mol. The Morgan fingerprint density at radius 2 is 1.93 bits per heavy atom. The zero-order chi connectivity index (χ0) is 11.3. The van der Waals surface area contributed by atoms with Gasteiger partial charge in [0.1, 0.15) is 12.4 Å². The molecule has 0 bridgehead atoms. The Morgan fingerprint density at radius 1 is 1.27 bits per heavy atom. The molecule has 0 N–H and O–H groups in total. The van der Waals surface area contributed by atoms with E-state index >= 15 is 0 Å². The van der Waals surface area contributed by atoms with E-state index in [2.05, 4.69) is 4.74 Å². The van der Waals surface area contributed by atoms with Crippen LogP contribution in [-0.4, -0.2) is 25.2 Å². The van der Waals surface area contributed by atoms with Gasteiger partial charge in [-0.3, -0.25) is 4.79 Å². The van der Waals surface area contributed by atoms with Crippen LogP contribution >= 0.6 is 0 Å². The molecule has 1 saturated carbocycles. The molecule has 0 amide bonds. The number of ketones is 1. The Hall–Kier alpha value is -0.580. The third kappa shape index (κ3) is 6.49. The van der Waals surface area contributed by atoms with Gasteiger partial charge in [-0.05, 0) is 25.7 Å². The summed E-state index contributed by atoms with van der Waals surface area (Å²) in [7, 11) is 0. The van der Waals surface area contributed by atoms with Gasteiger partial charge in [0.15, 0.2) is 0 Å². The second-order valence-corrected chi connectivity index (χ2v) is 3.87. The standard InChI is InChI=1S/C10H15F3O2/c11-10(12,13)7-15-6-2-1-3-9(14)8-4-5-8/h8H,1-7H2. The van der Waals surface area contributed by atoms with Crippen LogP contribution in [0.1, 0.15) is 32.1 Å². The molecule has 15 heavy (non-hydrogen) atoms. The van der Waals surface area contributed by atoms with E-state index in [-0.39, 0.29) is 18.3 Å². The molecule has 2 nitrogen and oxygen atoms in total. The van der Waals surface area contributed by atoms with Crippen molar-refractivity contribution in [1.29, 1.82) is 0 Å². The Kier molecular flexibility index (Phi) is 4.57. The smallest absolute Gasteiger partial charge is 0.372 e. The van der Waals surface area contributed by atoms with Crippen molar-refractivity contribution in [2.24, 2.45) is 5.92 Å². The number of ether oxygens (including phenoxy) is 1. The normalized spacial score (nSPS) is 16.7. The van der Waals surface area contributed by atoms with Gasteiger partial charge in [0, 0.05) is 18.9 Å². The molecule has 0 heterocycles. The molecule has 0 aromatic heterocycles. The molecule has 0 atom stereocenters. The van der Waals surface area contributed by atoms with E-state index in [0.717, 1.165) is 12.8 Å². The van der Waals surface area contributed by atoms with E-state index < -0.39 is 12.8 Å². The van der Waals surface area contributed by atoms with Gasteiger partial charge < -0.3 is 4.74 Å². The van der Waals surface area contributed by atoms with Gasteiger partial charge >= 0.3 is 6.18 Å². The third-order valence-electron chi connectivity index (χ3n) is 2.26. The van der Waals surface area contributed by atoms with E-state index in [4.69, 9.17) is 0 Å². The molecule has 5 heteroatoms. The van der Waals surface area contributed by atoms with E-state index in [1.165, 1.54) is 0 Å². The summed E-state index contributed by atoms with van der Waals surface area (Å²) in [6.07, 6.45) is -0.627. The Balaban J connectivity index is 1.86. The molecule has 1 aliphatic rings. The van der Waals surface area contributed by atoms with Crippen molar-refractivity contribution in [3.05, 3.63) is 0 Å². The van der Waals surface area contributed by atoms with Crippen molar-refractivity contribution in [3.8, 4) is 0 Å². The summed E-state index contributed by atoms with van der Waals surface area (Å²) in [6.45, 7) is -1.11. The first-order chi connectivity index (χ1) is 6.99. The summed E-state index contributed by atoms with van der Waals surface area (Å²) in [5.74, 6) is 0.506. The number of hydrogen-bond donors (Lipinski definition) is 0. The van der Waals surface area contributed by atoms with Crippen molar-refractivity contribution in [2.45, 2.75) is 38.3 Å². The fraction of sp³-hybridized carbons (Fsp3) is 0.900. The average molecular weight is 224 g/mol. The number of rotatable bonds is 7. The van der Waals surface area contributed by atoms with Crippen molar-refractivity contribution < 1.29 is 22.7 Å². The van der Waals surface area contributed by atoms with Crippen LogP contribution in [0.2, 0.25) is 0 Å². The topological polar surface area (TPSA) is 26.3 Å². The van der Waals surface area contributed by atoms with Gasteiger partial charge in [0.25, 0.3) is 0 Å². The zero-order valence-corrected chi connectivity index (χ0v) is 8.48. The molecule has 1 rings (SSSR count). The van der Waals surface area contributed by atoms with Gasteiger partial charge in [0.05, 0.1) is 0 Å². The number of alkyl halides is 3. The molecule has 1 fully saturated rings. The first kappa shape index (κ1) is 12.5. The van der Waals surface area contributed by atoms with Gasteiger partial charge in [-0.2, -0.15) is 13.2 Å². The lowest BCUT2D eigenvalue weighted by Crippen LogP contribution is -2.17. The van der Waals surface area contributed by atoms with Crippen LogP contribution in [0.15, 0.2) is 0 Å². The highest BCUT2D eigenvalue weighted by molar-refractivity contribution is 5.82. The third-order valence-corrected chi connectivity index (χ3v) is 2.26. The highest BCUT2D eigenvalue weighted by Crippen LogP contribution is 2.31. The summed E-state index contributed by atoms with van der Waals surface area (Å²) in [4.78, 5) is 11.2. The lowest BCUT2D eigenvalue weighted by Gasteiger charge is -2.06. The molecule has 0 radical (unpaired) electrons. The first-order valence-corrected chi connectivity index (χ1v) is 5.16. The molecule has 0 aliphatic heterocycles. The van der Waals surface area contributed by atoms with E-state index in [1.807, 2.05) is 0 Å². The minimum atomic E-state index is -4.25. The minimum absolute atomic E-state index is 0.0808. The summed E-state index contributed by atoms with van der Waals surface area (Å²) in [5.41, 5.74) is 0. The van der Waals surface area contributed by atoms with E-state index in [9.17, 15) is 18.0 Å². The predicted octanol–water partition coefficient (Wildman–Crippen LogP) is 2.71. The van der Waals surface area contributed by atoms with Crippen LogP contribution in [0.25, 0.3) is 0 Å². The van der Waals surface area contributed by atoms with Crippen molar-refractivity contribution in [1.82, 2.24) is 0 Å². The molecule has 1 aliphatic carbocycles. The highest BCUT2D eigenvalue weighted by atomic mass is 19.4. The molecular formula is C10H15F3O2. The zero-order valence-electron chi connectivity index (χ0n) is 8.48. The number of halogens is 3. The summed E-state index contributed by atoms with van der Waals surface area (Å²) >= 11 is 0.